The van der Waals surface area contributed by atoms with Gasteiger partial charge in [0.25, 0.3) is 0 Å². The Kier molecular flexibility index (Phi) is 4.04. The fourth-order valence-corrected chi connectivity index (χ4v) is 2.49. The molecule has 1 saturated heterocycles. The average Bonchev–Trinajstić information content (AvgIpc) is 2.88. The Morgan fingerprint density at radius 3 is 2.89 bits per heavy atom. The molecule has 1 fully saturated rings. The molecule has 1 aliphatic heterocycles. The van der Waals surface area contributed by atoms with Gasteiger partial charge in [0, 0.05) is 36.4 Å². The van der Waals surface area contributed by atoms with Gasteiger partial charge in [0.2, 0.25) is 0 Å². The Morgan fingerprint density at radius 2 is 2.39 bits per heavy atom. The summed E-state index contributed by atoms with van der Waals surface area (Å²) >= 11 is 0. The van der Waals surface area contributed by atoms with E-state index < -0.39 is 6.10 Å². The Morgan fingerprint density at radius 1 is 1.61 bits per heavy atom. The van der Waals surface area contributed by atoms with E-state index in [9.17, 15) is 5.11 Å². The smallest absolute Gasteiger partial charge is 0.0910 e. The Labute approximate surface area is 108 Å². The maximum atomic E-state index is 10.6. The van der Waals surface area contributed by atoms with Gasteiger partial charge >= 0.3 is 0 Å². The molecule has 0 aliphatic carbocycles. The summed E-state index contributed by atoms with van der Waals surface area (Å²) in [4.78, 5) is 0. The predicted octanol–water partition coefficient (Wildman–Crippen LogP) is 1.25. The molecule has 0 saturated carbocycles. The van der Waals surface area contributed by atoms with E-state index >= 15 is 0 Å². The molecule has 18 heavy (non-hydrogen) atoms. The number of nitrogens with two attached hydrogens (primary N) is 1. The van der Waals surface area contributed by atoms with E-state index in [1.807, 2.05) is 10.9 Å². The summed E-state index contributed by atoms with van der Waals surface area (Å²) < 4.78 is 7.36. The molecule has 0 amide bonds. The molecule has 0 bridgehead atoms. The van der Waals surface area contributed by atoms with Crippen molar-refractivity contribution in [2.24, 2.45) is 11.1 Å². The van der Waals surface area contributed by atoms with Crippen LogP contribution in [0.25, 0.3) is 0 Å². The second-order valence-electron chi connectivity index (χ2n) is 5.47. The number of hydrogen-bond donors (Lipinski definition) is 2. The van der Waals surface area contributed by atoms with Gasteiger partial charge in [-0.2, -0.15) is 5.10 Å². The van der Waals surface area contributed by atoms with Gasteiger partial charge in [-0.3, -0.25) is 4.68 Å². The van der Waals surface area contributed by atoms with Crippen LogP contribution in [0, 0.1) is 5.41 Å². The van der Waals surface area contributed by atoms with Crippen LogP contribution >= 0.6 is 0 Å². The minimum Gasteiger partial charge on any atom is -0.388 e. The minimum absolute atomic E-state index is 0.294. The highest BCUT2D eigenvalue weighted by Crippen LogP contribution is 2.40. The highest BCUT2D eigenvalue weighted by molar-refractivity contribution is 5.13. The standard InChI is InChI=1S/C13H23N3O2/c1-10(2)16-7-11(6-15-16)12(17)13(8-14)4-3-5-18-9-13/h6-7,10,12,17H,3-5,8-9,14H2,1-2H3. The van der Waals surface area contributed by atoms with Gasteiger partial charge in [-0.15, -0.1) is 0 Å². The molecule has 1 aromatic heterocycles. The van der Waals surface area contributed by atoms with Crippen molar-refractivity contribution in [2.45, 2.75) is 38.8 Å². The maximum absolute atomic E-state index is 10.6. The zero-order valence-corrected chi connectivity index (χ0v) is 11.2. The Bertz CT molecular complexity index is 383. The third-order valence-electron chi connectivity index (χ3n) is 3.81. The van der Waals surface area contributed by atoms with Crippen LogP contribution in [0.1, 0.15) is 44.4 Å². The lowest BCUT2D eigenvalue weighted by Crippen LogP contribution is -2.43. The molecule has 2 rings (SSSR count). The molecule has 102 valence electrons. The first-order valence-electron chi connectivity index (χ1n) is 6.59. The van der Waals surface area contributed by atoms with Crippen LogP contribution in [-0.2, 0) is 4.74 Å². The molecule has 0 radical (unpaired) electrons. The third-order valence-corrected chi connectivity index (χ3v) is 3.81. The summed E-state index contributed by atoms with van der Waals surface area (Å²) in [5.74, 6) is 0. The predicted molar refractivity (Wildman–Crippen MR) is 69.1 cm³/mol. The molecule has 3 N–H and O–H groups in total. The summed E-state index contributed by atoms with van der Waals surface area (Å²) in [6.45, 7) is 5.84. The van der Waals surface area contributed by atoms with Crippen molar-refractivity contribution in [2.75, 3.05) is 19.8 Å². The topological polar surface area (TPSA) is 73.3 Å². The van der Waals surface area contributed by atoms with Gasteiger partial charge in [0.1, 0.15) is 0 Å². The summed E-state index contributed by atoms with van der Waals surface area (Å²) in [7, 11) is 0. The monoisotopic (exact) mass is 253 g/mol. The van der Waals surface area contributed by atoms with Crippen LogP contribution in [0.4, 0.5) is 0 Å². The van der Waals surface area contributed by atoms with Gasteiger partial charge in [-0.25, -0.2) is 0 Å². The van der Waals surface area contributed by atoms with Gasteiger partial charge in [-0.05, 0) is 26.7 Å². The number of ether oxygens (including phenoxy) is 1. The van der Waals surface area contributed by atoms with E-state index in [1.54, 1.807) is 6.20 Å². The fourth-order valence-electron chi connectivity index (χ4n) is 2.49. The fraction of sp³-hybridized carbons (Fsp3) is 0.769. The van der Waals surface area contributed by atoms with Crippen LogP contribution in [0.2, 0.25) is 0 Å². The van der Waals surface area contributed by atoms with Gasteiger partial charge in [-0.1, -0.05) is 0 Å². The summed E-state index contributed by atoms with van der Waals surface area (Å²) in [5, 5.41) is 14.8. The molecular weight excluding hydrogens is 230 g/mol. The molecule has 2 unspecified atom stereocenters. The second kappa shape index (κ2) is 5.38. The van der Waals surface area contributed by atoms with E-state index in [0.717, 1.165) is 25.0 Å². The average molecular weight is 253 g/mol. The molecule has 0 spiro atoms. The molecular formula is C13H23N3O2. The van der Waals surface area contributed by atoms with E-state index in [-0.39, 0.29) is 5.41 Å². The van der Waals surface area contributed by atoms with Crippen molar-refractivity contribution in [1.82, 2.24) is 9.78 Å². The van der Waals surface area contributed by atoms with Crippen LogP contribution in [0.5, 0.6) is 0 Å². The zero-order valence-electron chi connectivity index (χ0n) is 11.2. The summed E-state index contributed by atoms with van der Waals surface area (Å²) in [5.41, 5.74) is 6.35. The van der Waals surface area contributed by atoms with Crippen LogP contribution in [-0.4, -0.2) is 34.6 Å². The lowest BCUT2D eigenvalue weighted by molar-refractivity contribution is -0.0782. The number of aromatic nitrogens is 2. The Hall–Kier alpha value is -0.910. The lowest BCUT2D eigenvalue weighted by atomic mass is 9.75. The molecule has 2 atom stereocenters. The van der Waals surface area contributed by atoms with E-state index in [4.69, 9.17) is 10.5 Å². The van der Waals surface area contributed by atoms with Gasteiger partial charge in [0.05, 0.1) is 18.9 Å². The van der Waals surface area contributed by atoms with Crippen LogP contribution < -0.4 is 5.73 Å². The summed E-state index contributed by atoms with van der Waals surface area (Å²) in [6, 6.07) is 0.294. The number of hydrogen-bond acceptors (Lipinski definition) is 4. The first-order chi connectivity index (χ1) is 8.59. The highest BCUT2D eigenvalue weighted by atomic mass is 16.5. The van der Waals surface area contributed by atoms with Crippen LogP contribution in [0.3, 0.4) is 0 Å². The van der Waals surface area contributed by atoms with Crippen LogP contribution in [0.15, 0.2) is 12.4 Å². The van der Waals surface area contributed by atoms with E-state index in [2.05, 4.69) is 18.9 Å². The SMILES string of the molecule is CC(C)n1cc(C(O)C2(CN)CCCOC2)cn1. The quantitative estimate of drug-likeness (QED) is 0.847. The van der Waals surface area contributed by atoms with Crippen molar-refractivity contribution in [3.05, 3.63) is 18.0 Å². The number of rotatable bonds is 4. The number of nitrogens with zero attached hydrogens (tertiary/aromatic N) is 2. The number of aliphatic hydroxyl groups excluding tert-OH is 1. The van der Waals surface area contributed by atoms with Crippen molar-refractivity contribution in [3.63, 3.8) is 0 Å². The third kappa shape index (κ3) is 2.43. The van der Waals surface area contributed by atoms with Gasteiger partial charge < -0.3 is 15.6 Å². The van der Waals surface area contributed by atoms with Crippen molar-refractivity contribution in [1.29, 1.82) is 0 Å². The Balaban J connectivity index is 2.19. The molecule has 5 heteroatoms. The van der Waals surface area contributed by atoms with Crippen molar-refractivity contribution < 1.29 is 9.84 Å². The first-order valence-corrected chi connectivity index (χ1v) is 6.59. The van der Waals surface area contributed by atoms with Gasteiger partial charge in [0.15, 0.2) is 0 Å². The van der Waals surface area contributed by atoms with Crippen molar-refractivity contribution in [3.8, 4) is 0 Å². The number of aliphatic hydroxyl groups is 1. The zero-order chi connectivity index (χ0) is 13.2. The second-order valence-corrected chi connectivity index (χ2v) is 5.47. The maximum Gasteiger partial charge on any atom is 0.0910 e. The normalized spacial score (nSPS) is 26.5. The summed E-state index contributed by atoms with van der Waals surface area (Å²) in [6.07, 6.45) is 4.89. The largest absolute Gasteiger partial charge is 0.388 e. The highest BCUT2D eigenvalue weighted by Gasteiger charge is 2.40. The molecule has 1 aromatic rings. The van der Waals surface area contributed by atoms with E-state index in [0.29, 0.717) is 19.2 Å². The van der Waals surface area contributed by atoms with E-state index in [1.165, 1.54) is 0 Å². The molecule has 5 nitrogen and oxygen atoms in total. The van der Waals surface area contributed by atoms with Crippen molar-refractivity contribution >= 4 is 0 Å². The minimum atomic E-state index is -0.602. The first kappa shape index (κ1) is 13.5. The lowest BCUT2D eigenvalue weighted by Gasteiger charge is -2.39. The molecule has 2 heterocycles. The molecule has 1 aliphatic rings. The molecule has 0 aromatic carbocycles.